The van der Waals surface area contributed by atoms with Gasteiger partial charge in [0.25, 0.3) is 0 Å². The van der Waals surface area contributed by atoms with Crippen LogP contribution < -0.4 is 16.0 Å². The van der Waals surface area contributed by atoms with E-state index in [0.717, 1.165) is 54.1 Å². The van der Waals surface area contributed by atoms with Crippen molar-refractivity contribution in [2.45, 2.75) is 33.2 Å². The van der Waals surface area contributed by atoms with Crippen LogP contribution in [-0.4, -0.2) is 34.7 Å². The van der Waals surface area contributed by atoms with Gasteiger partial charge in [-0.05, 0) is 62.6 Å². The van der Waals surface area contributed by atoms with Crippen molar-refractivity contribution in [1.82, 2.24) is 9.78 Å². The first-order valence-electron chi connectivity index (χ1n) is 11.3. The van der Waals surface area contributed by atoms with E-state index in [1.807, 2.05) is 48.9 Å². The van der Waals surface area contributed by atoms with Gasteiger partial charge in [-0.15, -0.1) is 0 Å². The lowest BCUT2D eigenvalue weighted by Gasteiger charge is -2.21. The number of hydrogen-bond donors (Lipinski definition) is 2. The van der Waals surface area contributed by atoms with Crippen molar-refractivity contribution in [2.75, 3.05) is 23.3 Å². The van der Waals surface area contributed by atoms with Crippen LogP contribution >= 0.6 is 11.6 Å². The third-order valence-electron chi connectivity index (χ3n) is 6.10. The Hall–Kier alpha value is -3.58. The summed E-state index contributed by atoms with van der Waals surface area (Å²) in [6.07, 6.45) is 5.45. The van der Waals surface area contributed by atoms with Gasteiger partial charge in [0.1, 0.15) is 0 Å². The van der Waals surface area contributed by atoms with E-state index in [9.17, 15) is 9.59 Å². The van der Waals surface area contributed by atoms with Crippen molar-refractivity contribution in [3.63, 3.8) is 0 Å². The first-order valence-corrected chi connectivity index (χ1v) is 11.7. The van der Waals surface area contributed by atoms with Crippen molar-refractivity contribution in [2.24, 2.45) is 5.73 Å². The fraction of sp³-hybridized carbons (Fsp3) is 0.269. The molecule has 1 aliphatic rings. The summed E-state index contributed by atoms with van der Waals surface area (Å²) < 4.78 is 1.88. The van der Waals surface area contributed by atoms with Crippen molar-refractivity contribution >= 4 is 40.9 Å². The number of rotatable bonds is 7. The SMILES string of the molecule is Cc1nn(Cc2ccccc2Cl)c(C)c1/C=C/C(=O)Nc1cc(C(N)=O)ccc1N1CCCC1. The van der Waals surface area contributed by atoms with Crippen molar-refractivity contribution in [3.8, 4) is 0 Å². The molecule has 0 saturated carbocycles. The molecule has 34 heavy (non-hydrogen) atoms. The quantitative estimate of drug-likeness (QED) is 0.488. The molecule has 1 saturated heterocycles. The van der Waals surface area contributed by atoms with Crippen molar-refractivity contribution in [3.05, 3.63) is 81.6 Å². The molecule has 0 aliphatic carbocycles. The van der Waals surface area contributed by atoms with Gasteiger partial charge < -0.3 is 16.0 Å². The average Bonchev–Trinajstić information content (AvgIpc) is 3.42. The number of nitrogens with zero attached hydrogens (tertiary/aromatic N) is 3. The molecule has 7 nitrogen and oxygen atoms in total. The molecule has 0 radical (unpaired) electrons. The molecule has 176 valence electrons. The van der Waals surface area contributed by atoms with Crippen LogP contribution in [0.15, 0.2) is 48.5 Å². The van der Waals surface area contributed by atoms with Gasteiger partial charge in [0.05, 0.1) is 23.6 Å². The van der Waals surface area contributed by atoms with E-state index in [4.69, 9.17) is 17.3 Å². The normalized spacial score (nSPS) is 13.6. The van der Waals surface area contributed by atoms with Gasteiger partial charge in [0.2, 0.25) is 11.8 Å². The largest absolute Gasteiger partial charge is 0.370 e. The molecular formula is C26H28ClN5O2. The van der Waals surface area contributed by atoms with Crippen LogP contribution in [0.2, 0.25) is 5.02 Å². The molecule has 4 rings (SSSR count). The molecule has 2 heterocycles. The Labute approximate surface area is 204 Å². The highest BCUT2D eigenvalue weighted by molar-refractivity contribution is 6.31. The summed E-state index contributed by atoms with van der Waals surface area (Å²) in [5.74, 6) is -0.823. The van der Waals surface area contributed by atoms with Crippen LogP contribution in [-0.2, 0) is 11.3 Å². The minimum Gasteiger partial charge on any atom is -0.370 e. The zero-order valence-corrected chi connectivity index (χ0v) is 20.1. The van der Waals surface area contributed by atoms with E-state index in [-0.39, 0.29) is 5.91 Å². The van der Waals surface area contributed by atoms with Crippen molar-refractivity contribution in [1.29, 1.82) is 0 Å². The molecule has 8 heteroatoms. The summed E-state index contributed by atoms with van der Waals surface area (Å²) in [6.45, 7) is 6.26. The Morgan fingerprint density at radius 3 is 2.59 bits per heavy atom. The topological polar surface area (TPSA) is 93.2 Å². The number of aryl methyl sites for hydroxylation is 1. The average molecular weight is 478 g/mol. The zero-order chi connectivity index (χ0) is 24.2. The Kier molecular flexibility index (Phi) is 7.03. The maximum Gasteiger partial charge on any atom is 0.248 e. The van der Waals surface area contributed by atoms with E-state index in [1.165, 1.54) is 6.08 Å². The lowest BCUT2D eigenvalue weighted by Crippen LogP contribution is -2.21. The smallest absolute Gasteiger partial charge is 0.248 e. The fourth-order valence-corrected chi connectivity index (χ4v) is 4.45. The van der Waals surface area contributed by atoms with Crippen LogP contribution in [0.25, 0.3) is 6.08 Å². The van der Waals surface area contributed by atoms with E-state index in [0.29, 0.717) is 22.8 Å². The minimum atomic E-state index is -0.531. The van der Waals surface area contributed by atoms with Crippen molar-refractivity contribution < 1.29 is 9.59 Å². The van der Waals surface area contributed by atoms with Gasteiger partial charge in [-0.3, -0.25) is 14.3 Å². The maximum absolute atomic E-state index is 12.8. The number of carbonyl (C=O) groups excluding carboxylic acids is 2. The first kappa shape index (κ1) is 23.6. The highest BCUT2D eigenvalue weighted by Crippen LogP contribution is 2.30. The van der Waals surface area contributed by atoms with E-state index >= 15 is 0 Å². The van der Waals surface area contributed by atoms with Crippen LogP contribution in [0.1, 0.15) is 45.7 Å². The summed E-state index contributed by atoms with van der Waals surface area (Å²) in [6, 6.07) is 12.9. The van der Waals surface area contributed by atoms with Gasteiger partial charge in [-0.2, -0.15) is 5.10 Å². The predicted octanol–water partition coefficient (Wildman–Crippen LogP) is 4.55. The van der Waals surface area contributed by atoms with Gasteiger partial charge in [-0.25, -0.2) is 0 Å². The Morgan fingerprint density at radius 1 is 1.15 bits per heavy atom. The standard InChI is InChI=1S/C26H28ClN5O2/c1-17-21(18(2)32(30-17)16-20-7-3-4-8-22(20)27)10-12-25(33)29-23-15-19(26(28)34)9-11-24(23)31-13-5-6-14-31/h3-4,7-12,15H,5-6,13-14,16H2,1-2H3,(H2,28,34)(H,29,33)/b12-10+. The monoisotopic (exact) mass is 477 g/mol. The lowest BCUT2D eigenvalue weighted by molar-refractivity contribution is -0.111. The number of halogens is 1. The maximum atomic E-state index is 12.8. The lowest BCUT2D eigenvalue weighted by atomic mass is 10.1. The first-order chi connectivity index (χ1) is 16.3. The van der Waals surface area contributed by atoms with Crippen LogP contribution in [0.3, 0.4) is 0 Å². The molecule has 1 fully saturated rings. The number of carbonyl (C=O) groups is 2. The second-order valence-electron chi connectivity index (χ2n) is 8.45. The summed E-state index contributed by atoms with van der Waals surface area (Å²) in [4.78, 5) is 26.7. The van der Waals surface area contributed by atoms with Gasteiger partial charge in [0.15, 0.2) is 0 Å². The fourth-order valence-electron chi connectivity index (χ4n) is 4.25. The predicted molar refractivity (Wildman–Crippen MR) is 136 cm³/mol. The number of aromatic nitrogens is 2. The van der Waals surface area contributed by atoms with Gasteiger partial charge >= 0.3 is 0 Å². The second kappa shape index (κ2) is 10.1. The molecule has 0 atom stereocenters. The third kappa shape index (κ3) is 5.15. The molecule has 3 N–H and O–H groups in total. The summed E-state index contributed by atoms with van der Waals surface area (Å²) in [5.41, 5.74) is 10.9. The number of nitrogens with two attached hydrogens (primary N) is 1. The number of hydrogen-bond acceptors (Lipinski definition) is 4. The molecule has 0 bridgehead atoms. The molecule has 2 amide bonds. The molecule has 2 aromatic carbocycles. The summed E-state index contributed by atoms with van der Waals surface area (Å²) >= 11 is 6.30. The number of benzene rings is 2. The molecule has 1 aliphatic heterocycles. The third-order valence-corrected chi connectivity index (χ3v) is 6.47. The van der Waals surface area contributed by atoms with E-state index in [1.54, 1.807) is 18.2 Å². The number of nitrogens with one attached hydrogen (secondary N) is 1. The van der Waals surface area contributed by atoms with Crippen LogP contribution in [0.5, 0.6) is 0 Å². The summed E-state index contributed by atoms with van der Waals surface area (Å²) in [5, 5.41) is 8.24. The van der Waals surface area contributed by atoms with Gasteiger partial charge in [-0.1, -0.05) is 29.8 Å². The van der Waals surface area contributed by atoms with E-state index < -0.39 is 5.91 Å². The second-order valence-corrected chi connectivity index (χ2v) is 8.85. The molecule has 0 spiro atoms. The highest BCUT2D eigenvalue weighted by atomic mass is 35.5. The highest BCUT2D eigenvalue weighted by Gasteiger charge is 2.18. The Bertz CT molecular complexity index is 1260. The summed E-state index contributed by atoms with van der Waals surface area (Å²) in [7, 11) is 0. The number of amides is 2. The van der Waals surface area contributed by atoms with Gasteiger partial charge in [0, 0.05) is 41.0 Å². The molecule has 1 aromatic heterocycles. The van der Waals surface area contributed by atoms with Crippen LogP contribution in [0, 0.1) is 13.8 Å². The van der Waals surface area contributed by atoms with E-state index in [2.05, 4.69) is 15.3 Å². The Balaban J connectivity index is 1.53. The zero-order valence-electron chi connectivity index (χ0n) is 19.3. The number of primary amides is 1. The number of anilines is 2. The van der Waals surface area contributed by atoms with Crippen LogP contribution in [0.4, 0.5) is 11.4 Å². The molecule has 3 aromatic rings. The Morgan fingerprint density at radius 2 is 1.88 bits per heavy atom. The molecule has 0 unspecified atom stereocenters. The molecular weight excluding hydrogens is 450 g/mol. The minimum absolute atomic E-state index is 0.292.